The van der Waals surface area contributed by atoms with Crippen LogP contribution in [0.3, 0.4) is 0 Å². The Kier molecular flexibility index (Phi) is 6.09. The van der Waals surface area contributed by atoms with Gasteiger partial charge in [0.15, 0.2) is 0 Å². The van der Waals surface area contributed by atoms with Gasteiger partial charge in [0.05, 0.1) is 5.92 Å². The highest BCUT2D eigenvalue weighted by Crippen LogP contribution is 2.19. The minimum Gasteiger partial charge on any atom is -0.345 e. The number of likely N-dealkylation sites (tertiary alicyclic amines) is 1. The first-order valence-corrected chi connectivity index (χ1v) is 7.09. The Morgan fingerprint density at radius 1 is 1.50 bits per heavy atom. The number of carbonyl (C=O) groups is 1. The summed E-state index contributed by atoms with van der Waals surface area (Å²) in [7, 11) is 4.07. The van der Waals surface area contributed by atoms with Crippen LogP contribution in [0.25, 0.3) is 0 Å². The standard InChI is InChI=1S/C14H29N3O/c1-11(2)13(9-15)14(18)17(4)8-6-12-5-7-16(3)10-12/h11-13H,5-10,15H2,1-4H3. The molecule has 2 N–H and O–H groups in total. The van der Waals surface area contributed by atoms with E-state index in [1.165, 1.54) is 19.5 Å². The van der Waals surface area contributed by atoms with Crippen LogP contribution in [-0.2, 0) is 4.79 Å². The van der Waals surface area contributed by atoms with Gasteiger partial charge in [-0.3, -0.25) is 4.79 Å². The third kappa shape index (κ3) is 4.25. The summed E-state index contributed by atoms with van der Waals surface area (Å²) in [5, 5.41) is 0. The van der Waals surface area contributed by atoms with E-state index in [4.69, 9.17) is 5.73 Å². The number of nitrogens with zero attached hydrogens (tertiary/aromatic N) is 2. The van der Waals surface area contributed by atoms with E-state index in [0.29, 0.717) is 12.5 Å². The van der Waals surface area contributed by atoms with Gasteiger partial charge in [-0.15, -0.1) is 0 Å². The molecule has 0 aromatic heterocycles. The smallest absolute Gasteiger partial charge is 0.226 e. The molecule has 1 fully saturated rings. The second kappa shape index (κ2) is 7.10. The van der Waals surface area contributed by atoms with Crippen molar-refractivity contribution in [2.75, 3.05) is 40.3 Å². The van der Waals surface area contributed by atoms with E-state index in [9.17, 15) is 4.79 Å². The van der Waals surface area contributed by atoms with E-state index < -0.39 is 0 Å². The Morgan fingerprint density at radius 3 is 2.61 bits per heavy atom. The van der Waals surface area contributed by atoms with Gasteiger partial charge in [0.2, 0.25) is 5.91 Å². The van der Waals surface area contributed by atoms with Gasteiger partial charge >= 0.3 is 0 Å². The first kappa shape index (κ1) is 15.4. The number of nitrogens with two attached hydrogens (primary N) is 1. The van der Waals surface area contributed by atoms with Crippen molar-refractivity contribution >= 4 is 5.91 Å². The SMILES string of the molecule is CC(C)C(CN)C(=O)N(C)CCC1CCN(C)C1. The zero-order valence-corrected chi connectivity index (χ0v) is 12.4. The maximum atomic E-state index is 12.2. The van der Waals surface area contributed by atoms with Crippen LogP contribution in [-0.4, -0.2) is 56.0 Å². The van der Waals surface area contributed by atoms with E-state index in [1.807, 2.05) is 11.9 Å². The van der Waals surface area contributed by atoms with Crippen molar-refractivity contribution in [3.63, 3.8) is 0 Å². The zero-order chi connectivity index (χ0) is 13.7. The predicted molar refractivity (Wildman–Crippen MR) is 75.2 cm³/mol. The maximum absolute atomic E-state index is 12.2. The van der Waals surface area contributed by atoms with E-state index >= 15 is 0 Å². The van der Waals surface area contributed by atoms with Gasteiger partial charge in [0.1, 0.15) is 0 Å². The Bertz CT molecular complexity index is 268. The average Bonchev–Trinajstić information content (AvgIpc) is 2.72. The molecule has 0 aromatic rings. The first-order valence-electron chi connectivity index (χ1n) is 7.09. The van der Waals surface area contributed by atoms with Crippen LogP contribution in [0, 0.1) is 17.8 Å². The molecule has 18 heavy (non-hydrogen) atoms. The molecule has 0 bridgehead atoms. The monoisotopic (exact) mass is 255 g/mol. The molecular formula is C14H29N3O. The molecule has 106 valence electrons. The third-order valence-corrected chi connectivity index (χ3v) is 4.11. The van der Waals surface area contributed by atoms with E-state index in [-0.39, 0.29) is 11.8 Å². The molecule has 1 heterocycles. The normalized spacial score (nSPS) is 22.4. The van der Waals surface area contributed by atoms with Crippen LogP contribution in [0.5, 0.6) is 0 Å². The zero-order valence-electron chi connectivity index (χ0n) is 12.4. The highest BCUT2D eigenvalue weighted by atomic mass is 16.2. The summed E-state index contributed by atoms with van der Waals surface area (Å²) < 4.78 is 0. The molecule has 4 nitrogen and oxygen atoms in total. The van der Waals surface area contributed by atoms with Crippen molar-refractivity contribution in [2.24, 2.45) is 23.5 Å². The highest BCUT2D eigenvalue weighted by molar-refractivity contribution is 5.79. The van der Waals surface area contributed by atoms with Crippen LogP contribution < -0.4 is 5.73 Å². The molecule has 2 unspecified atom stereocenters. The Morgan fingerprint density at radius 2 is 2.17 bits per heavy atom. The van der Waals surface area contributed by atoms with Gasteiger partial charge in [0.25, 0.3) is 0 Å². The first-order chi connectivity index (χ1) is 8.45. The predicted octanol–water partition coefficient (Wildman–Crippen LogP) is 1.02. The summed E-state index contributed by atoms with van der Waals surface area (Å²) in [5.74, 6) is 1.25. The molecule has 1 aliphatic heterocycles. The topological polar surface area (TPSA) is 49.6 Å². The molecule has 1 aliphatic rings. The van der Waals surface area contributed by atoms with Crippen LogP contribution in [0.4, 0.5) is 0 Å². The summed E-state index contributed by atoms with van der Waals surface area (Å²) >= 11 is 0. The van der Waals surface area contributed by atoms with Gasteiger partial charge in [0, 0.05) is 26.7 Å². The molecule has 0 aliphatic carbocycles. The number of hydrogen-bond acceptors (Lipinski definition) is 3. The van der Waals surface area contributed by atoms with E-state index in [2.05, 4.69) is 25.8 Å². The minimum atomic E-state index is -0.0266. The van der Waals surface area contributed by atoms with Gasteiger partial charge in [-0.2, -0.15) is 0 Å². The summed E-state index contributed by atoms with van der Waals surface area (Å²) in [5.41, 5.74) is 5.69. The minimum absolute atomic E-state index is 0.0266. The van der Waals surface area contributed by atoms with Crippen molar-refractivity contribution in [1.29, 1.82) is 0 Å². The lowest BCUT2D eigenvalue weighted by Gasteiger charge is -2.26. The van der Waals surface area contributed by atoms with Crippen molar-refractivity contribution in [1.82, 2.24) is 9.80 Å². The maximum Gasteiger partial charge on any atom is 0.226 e. The van der Waals surface area contributed by atoms with Crippen molar-refractivity contribution in [3.05, 3.63) is 0 Å². The summed E-state index contributed by atoms with van der Waals surface area (Å²) in [6.07, 6.45) is 2.38. The van der Waals surface area contributed by atoms with Crippen molar-refractivity contribution in [3.8, 4) is 0 Å². The van der Waals surface area contributed by atoms with Gasteiger partial charge in [-0.25, -0.2) is 0 Å². The Labute approximate surface area is 111 Å². The lowest BCUT2D eigenvalue weighted by atomic mass is 9.94. The van der Waals surface area contributed by atoms with Crippen LogP contribution in [0.15, 0.2) is 0 Å². The molecule has 1 amide bonds. The quantitative estimate of drug-likeness (QED) is 0.771. The molecule has 0 radical (unpaired) electrons. The number of hydrogen-bond donors (Lipinski definition) is 1. The molecule has 0 spiro atoms. The van der Waals surface area contributed by atoms with Gasteiger partial charge < -0.3 is 15.5 Å². The fourth-order valence-electron chi connectivity index (χ4n) is 2.69. The number of rotatable bonds is 6. The van der Waals surface area contributed by atoms with Crippen molar-refractivity contribution < 1.29 is 4.79 Å². The molecule has 2 atom stereocenters. The second-order valence-corrected chi connectivity index (χ2v) is 6.05. The highest BCUT2D eigenvalue weighted by Gasteiger charge is 2.25. The second-order valence-electron chi connectivity index (χ2n) is 6.05. The summed E-state index contributed by atoms with van der Waals surface area (Å²) in [4.78, 5) is 16.5. The largest absolute Gasteiger partial charge is 0.345 e. The Hall–Kier alpha value is -0.610. The molecular weight excluding hydrogens is 226 g/mol. The van der Waals surface area contributed by atoms with Crippen molar-refractivity contribution in [2.45, 2.75) is 26.7 Å². The molecule has 4 heteroatoms. The molecule has 1 rings (SSSR count). The fourth-order valence-corrected chi connectivity index (χ4v) is 2.69. The molecule has 0 saturated carbocycles. The van der Waals surface area contributed by atoms with Crippen LogP contribution in [0.2, 0.25) is 0 Å². The third-order valence-electron chi connectivity index (χ3n) is 4.11. The van der Waals surface area contributed by atoms with Gasteiger partial charge in [-0.05, 0) is 38.3 Å². The Balaban J connectivity index is 2.35. The fraction of sp³-hybridized carbons (Fsp3) is 0.929. The van der Waals surface area contributed by atoms with Crippen LogP contribution >= 0.6 is 0 Å². The summed E-state index contributed by atoms with van der Waals surface area (Å²) in [6, 6.07) is 0. The number of amides is 1. The summed E-state index contributed by atoms with van der Waals surface area (Å²) in [6.45, 7) is 7.81. The lowest BCUT2D eigenvalue weighted by molar-refractivity contribution is -0.135. The van der Waals surface area contributed by atoms with E-state index in [0.717, 1.165) is 18.9 Å². The van der Waals surface area contributed by atoms with Gasteiger partial charge in [-0.1, -0.05) is 13.8 Å². The average molecular weight is 255 g/mol. The van der Waals surface area contributed by atoms with E-state index in [1.54, 1.807) is 0 Å². The van der Waals surface area contributed by atoms with Crippen LogP contribution in [0.1, 0.15) is 26.7 Å². The molecule has 1 saturated heterocycles. The lowest BCUT2D eigenvalue weighted by Crippen LogP contribution is -2.40. The number of carbonyl (C=O) groups excluding carboxylic acids is 1. The molecule has 0 aromatic carbocycles.